The molecule has 0 aliphatic rings. The Labute approximate surface area is 93.0 Å². The van der Waals surface area contributed by atoms with Crippen LogP contribution in [0.25, 0.3) is 0 Å². The van der Waals surface area contributed by atoms with E-state index < -0.39 is 23.9 Å². The maximum absolute atomic E-state index is 11.1. The summed E-state index contributed by atoms with van der Waals surface area (Å²) in [5.41, 5.74) is 0. The molecule has 0 saturated carbocycles. The van der Waals surface area contributed by atoms with Gasteiger partial charge in [0.15, 0.2) is 0 Å². The van der Waals surface area contributed by atoms with E-state index in [4.69, 9.17) is 10.2 Å². The fourth-order valence-corrected chi connectivity index (χ4v) is 1.09. The van der Waals surface area contributed by atoms with E-state index in [1.165, 1.54) is 12.2 Å². The molecule has 16 heavy (non-hydrogen) atoms. The van der Waals surface area contributed by atoms with Gasteiger partial charge in [0, 0.05) is 6.42 Å². The molecule has 0 aliphatic carbocycles. The van der Waals surface area contributed by atoms with E-state index in [-0.39, 0.29) is 19.3 Å². The molecule has 1 atom stereocenters. The quantitative estimate of drug-likeness (QED) is 0.548. The van der Waals surface area contributed by atoms with Gasteiger partial charge in [0.05, 0.1) is 0 Å². The molecule has 90 valence electrons. The first-order valence-electron chi connectivity index (χ1n) is 4.85. The van der Waals surface area contributed by atoms with Crippen LogP contribution in [0.5, 0.6) is 0 Å². The predicted molar refractivity (Wildman–Crippen MR) is 55.9 cm³/mol. The molecule has 0 aromatic heterocycles. The highest BCUT2D eigenvalue weighted by Crippen LogP contribution is 2.01. The third-order valence-corrected chi connectivity index (χ3v) is 1.82. The van der Waals surface area contributed by atoms with Gasteiger partial charge in [-0.05, 0) is 25.8 Å². The average Bonchev–Trinajstić information content (AvgIpc) is 2.15. The van der Waals surface area contributed by atoms with Gasteiger partial charge in [0.2, 0.25) is 5.91 Å². The van der Waals surface area contributed by atoms with Crippen molar-refractivity contribution in [1.82, 2.24) is 5.32 Å². The second-order valence-corrected chi connectivity index (χ2v) is 3.19. The molecule has 0 aromatic carbocycles. The van der Waals surface area contributed by atoms with Gasteiger partial charge in [-0.25, -0.2) is 4.79 Å². The maximum Gasteiger partial charge on any atom is 0.326 e. The molecule has 1 amide bonds. The van der Waals surface area contributed by atoms with Crippen molar-refractivity contribution < 1.29 is 24.6 Å². The molecule has 0 unspecified atom stereocenters. The number of rotatable bonds is 7. The molecule has 0 heterocycles. The molecule has 0 aliphatic heterocycles. The van der Waals surface area contributed by atoms with Crippen molar-refractivity contribution in [2.45, 2.75) is 32.2 Å². The summed E-state index contributed by atoms with van der Waals surface area (Å²) in [6, 6.07) is -1.04. The lowest BCUT2D eigenvalue weighted by atomic mass is 10.1. The number of carbonyl (C=O) groups is 3. The van der Waals surface area contributed by atoms with Crippen LogP contribution in [-0.4, -0.2) is 34.1 Å². The third-order valence-electron chi connectivity index (χ3n) is 1.82. The summed E-state index contributed by atoms with van der Waals surface area (Å²) in [7, 11) is 0. The van der Waals surface area contributed by atoms with Gasteiger partial charge in [-0.15, -0.1) is 0 Å². The van der Waals surface area contributed by atoms with E-state index in [9.17, 15) is 14.4 Å². The van der Waals surface area contributed by atoms with Gasteiger partial charge in [0.25, 0.3) is 0 Å². The summed E-state index contributed by atoms with van der Waals surface area (Å²) >= 11 is 0. The van der Waals surface area contributed by atoms with Crippen LogP contribution in [0.15, 0.2) is 12.2 Å². The first kappa shape index (κ1) is 14.2. The van der Waals surface area contributed by atoms with Crippen molar-refractivity contribution in [3.8, 4) is 0 Å². The van der Waals surface area contributed by atoms with Crippen LogP contribution in [-0.2, 0) is 14.4 Å². The minimum atomic E-state index is -1.16. The summed E-state index contributed by atoms with van der Waals surface area (Å²) in [6.07, 6.45) is 2.91. The van der Waals surface area contributed by atoms with Crippen molar-refractivity contribution >= 4 is 17.8 Å². The van der Waals surface area contributed by atoms with Gasteiger partial charge in [-0.3, -0.25) is 9.59 Å². The number of carbonyl (C=O) groups excluding carboxylic acids is 1. The molecule has 0 fully saturated rings. The van der Waals surface area contributed by atoms with E-state index in [0.717, 1.165) is 0 Å². The third kappa shape index (κ3) is 6.58. The number of carboxylic acid groups (broad SMARTS) is 2. The number of carboxylic acids is 2. The van der Waals surface area contributed by atoms with E-state index >= 15 is 0 Å². The predicted octanol–water partition coefficient (Wildman–Crippen LogP) is 0.387. The molecule has 6 heteroatoms. The number of amides is 1. The summed E-state index contributed by atoms with van der Waals surface area (Å²) < 4.78 is 0. The molecular formula is C10H15NO5. The molecule has 0 spiro atoms. The Kier molecular flexibility index (Phi) is 6.58. The monoisotopic (exact) mass is 229 g/mol. The van der Waals surface area contributed by atoms with Gasteiger partial charge < -0.3 is 15.5 Å². The Morgan fingerprint density at radius 2 is 1.94 bits per heavy atom. The van der Waals surface area contributed by atoms with Crippen LogP contribution in [0.1, 0.15) is 26.2 Å². The summed E-state index contributed by atoms with van der Waals surface area (Å²) in [5, 5.41) is 19.4. The van der Waals surface area contributed by atoms with Crippen LogP contribution < -0.4 is 5.32 Å². The average molecular weight is 229 g/mol. The Hall–Kier alpha value is -1.85. The second kappa shape index (κ2) is 7.44. The fraction of sp³-hybridized carbons (Fsp3) is 0.500. The summed E-state index contributed by atoms with van der Waals surface area (Å²) in [5.74, 6) is -2.64. The second-order valence-electron chi connectivity index (χ2n) is 3.19. The van der Waals surface area contributed by atoms with E-state index in [0.29, 0.717) is 0 Å². The number of nitrogens with one attached hydrogen (secondary N) is 1. The van der Waals surface area contributed by atoms with Gasteiger partial charge in [-0.2, -0.15) is 0 Å². The van der Waals surface area contributed by atoms with Gasteiger partial charge in [0.1, 0.15) is 6.04 Å². The van der Waals surface area contributed by atoms with Crippen LogP contribution in [0.3, 0.4) is 0 Å². The lowest BCUT2D eigenvalue weighted by Gasteiger charge is -2.12. The van der Waals surface area contributed by atoms with Crippen molar-refractivity contribution in [2.24, 2.45) is 0 Å². The molecule has 0 aromatic rings. The highest BCUT2D eigenvalue weighted by molar-refractivity contribution is 5.91. The zero-order valence-electron chi connectivity index (χ0n) is 8.97. The molecular weight excluding hydrogens is 214 g/mol. The smallest absolute Gasteiger partial charge is 0.326 e. The van der Waals surface area contributed by atoms with E-state index in [1.807, 2.05) is 0 Å². The molecule has 3 N–H and O–H groups in total. The first-order valence-corrected chi connectivity index (χ1v) is 4.85. The highest BCUT2D eigenvalue weighted by atomic mass is 16.4. The number of hydrogen-bond acceptors (Lipinski definition) is 3. The Morgan fingerprint density at radius 3 is 2.38 bits per heavy atom. The van der Waals surface area contributed by atoms with Crippen LogP contribution >= 0.6 is 0 Å². The molecule has 0 saturated heterocycles. The summed E-state index contributed by atoms with van der Waals surface area (Å²) in [6.45, 7) is 1.64. The van der Waals surface area contributed by atoms with Gasteiger partial charge in [-0.1, -0.05) is 6.08 Å². The van der Waals surface area contributed by atoms with E-state index in [1.54, 1.807) is 6.92 Å². The van der Waals surface area contributed by atoms with Crippen molar-refractivity contribution in [1.29, 1.82) is 0 Å². The van der Waals surface area contributed by atoms with Crippen molar-refractivity contribution in [3.05, 3.63) is 12.2 Å². The zero-order chi connectivity index (χ0) is 12.6. The minimum absolute atomic E-state index is 0.102. The zero-order valence-corrected chi connectivity index (χ0v) is 8.97. The first-order chi connectivity index (χ1) is 7.47. The maximum atomic E-state index is 11.1. The fourth-order valence-electron chi connectivity index (χ4n) is 1.09. The van der Waals surface area contributed by atoms with Crippen molar-refractivity contribution in [2.75, 3.05) is 0 Å². The van der Waals surface area contributed by atoms with Gasteiger partial charge >= 0.3 is 11.9 Å². The topological polar surface area (TPSA) is 104 Å². The molecule has 0 bridgehead atoms. The number of allylic oxidation sites excluding steroid dienone is 1. The molecule has 6 nitrogen and oxygen atoms in total. The largest absolute Gasteiger partial charge is 0.481 e. The Bertz CT molecular complexity index is 298. The minimum Gasteiger partial charge on any atom is -0.481 e. The molecule has 0 rings (SSSR count). The van der Waals surface area contributed by atoms with Crippen molar-refractivity contribution in [3.63, 3.8) is 0 Å². The lowest BCUT2D eigenvalue weighted by molar-refractivity contribution is -0.142. The SMILES string of the molecule is C/C=C/C(=O)N[C@H](CCCC(=O)O)C(=O)O. The van der Waals surface area contributed by atoms with Crippen LogP contribution in [0, 0.1) is 0 Å². The standard InChI is InChI=1S/C10H15NO5/c1-2-4-8(12)11-7(10(15)16)5-3-6-9(13)14/h2,4,7H,3,5-6H2,1H3,(H,11,12)(H,13,14)(H,15,16)/b4-2+/t7-/m1/s1. The molecule has 0 radical (unpaired) electrons. The number of hydrogen-bond donors (Lipinski definition) is 3. The Morgan fingerprint density at radius 1 is 1.31 bits per heavy atom. The summed E-state index contributed by atoms with van der Waals surface area (Å²) in [4.78, 5) is 32.0. The highest BCUT2D eigenvalue weighted by Gasteiger charge is 2.18. The van der Waals surface area contributed by atoms with Crippen LogP contribution in [0.2, 0.25) is 0 Å². The van der Waals surface area contributed by atoms with E-state index in [2.05, 4.69) is 5.32 Å². The normalized spacial score (nSPS) is 12.3. The number of aliphatic carboxylic acids is 2. The lowest BCUT2D eigenvalue weighted by Crippen LogP contribution is -2.40. The van der Waals surface area contributed by atoms with Crippen LogP contribution in [0.4, 0.5) is 0 Å². The Balaban J connectivity index is 4.12.